The van der Waals surface area contributed by atoms with Gasteiger partial charge in [0.05, 0.1) is 11.3 Å². The summed E-state index contributed by atoms with van der Waals surface area (Å²) in [6.45, 7) is -0.00873. The van der Waals surface area contributed by atoms with E-state index in [1.54, 1.807) is 0 Å². The van der Waals surface area contributed by atoms with Crippen molar-refractivity contribution < 1.29 is 24.0 Å². The van der Waals surface area contributed by atoms with E-state index in [0.717, 1.165) is 0 Å². The lowest BCUT2D eigenvalue weighted by Crippen LogP contribution is -2.19. The summed E-state index contributed by atoms with van der Waals surface area (Å²) in [7, 11) is 0. The lowest BCUT2D eigenvalue weighted by molar-refractivity contribution is -0.385. The van der Waals surface area contributed by atoms with E-state index in [2.05, 4.69) is 4.74 Å². The molecular formula is C11H9NO6. The Kier molecular flexibility index (Phi) is 3.22. The van der Waals surface area contributed by atoms with E-state index in [0.29, 0.717) is 0 Å². The molecular weight excluding hydrogens is 242 g/mol. The minimum Gasteiger partial charge on any atom is -0.462 e. The Bertz CT molecular complexity index is 512. The molecule has 1 heterocycles. The SMILES string of the molecule is O=C1C[C@H](OC(=O)c2ccccc2[N+](=O)[O-])CO1. The number of esters is 2. The first-order valence-electron chi connectivity index (χ1n) is 5.18. The lowest BCUT2D eigenvalue weighted by Gasteiger charge is -2.08. The zero-order chi connectivity index (χ0) is 13.1. The number of rotatable bonds is 3. The van der Waals surface area contributed by atoms with Crippen LogP contribution in [0.4, 0.5) is 5.69 Å². The molecule has 1 aromatic carbocycles. The molecule has 0 aromatic heterocycles. The molecule has 0 amide bonds. The van der Waals surface area contributed by atoms with Crippen LogP contribution >= 0.6 is 0 Å². The van der Waals surface area contributed by atoms with Gasteiger partial charge in [-0.3, -0.25) is 14.9 Å². The van der Waals surface area contributed by atoms with Crippen molar-refractivity contribution in [3.63, 3.8) is 0 Å². The topological polar surface area (TPSA) is 95.7 Å². The molecule has 1 aliphatic heterocycles. The van der Waals surface area contributed by atoms with Crippen molar-refractivity contribution >= 4 is 17.6 Å². The first-order chi connectivity index (χ1) is 8.58. The molecule has 1 aromatic rings. The van der Waals surface area contributed by atoms with Gasteiger partial charge in [-0.15, -0.1) is 0 Å². The molecule has 0 N–H and O–H groups in total. The fourth-order valence-electron chi connectivity index (χ4n) is 1.59. The van der Waals surface area contributed by atoms with E-state index in [1.165, 1.54) is 24.3 Å². The summed E-state index contributed by atoms with van der Waals surface area (Å²) in [6, 6.07) is 5.47. The molecule has 7 heteroatoms. The zero-order valence-corrected chi connectivity index (χ0v) is 9.20. The predicted molar refractivity (Wildman–Crippen MR) is 57.9 cm³/mol. The number of nitrogens with zero attached hydrogens (tertiary/aromatic N) is 1. The molecule has 0 unspecified atom stereocenters. The number of hydrogen-bond donors (Lipinski definition) is 0. The molecule has 0 aliphatic carbocycles. The molecule has 1 fully saturated rings. The number of carbonyl (C=O) groups is 2. The first-order valence-corrected chi connectivity index (χ1v) is 5.18. The van der Waals surface area contributed by atoms with Gasteiger partial charge in [0.2, 0.25) is 0 Å². The molecule has 0 radical (unpaired) electrons. The molecule has 18 heavy (non-hydrogen) atoms. The summed E-state index contributed by atoms with van der Waals surface area (Å²) in [5.74, 6) is -1.28. The fourth-order valence-corrected chi connectivity index (χ4v) is 1.59. The van der Waals surface area contributed by atoms with Crippen LogP contribution in [0.2, 0.25) is 0 Å². The average molecular weight is 251 g/mol. The van der Waals surface area contributed by atoms with Crippen molar-refractivity contribution in [3.8, 4) is 0 Å². The van der Waals surface area contributed by atoms with Gasteiger partial charge in [0, 0.05) is 6.07 Å². The van der Waals surface area contributed by atoms with E-state index in [4.69, 9.17) is 4.74 Å². The second-order valence-corrected chi connectivity index (χ2v) is 3.69. The quantitative estimate of drug-likeness (QED) is 0.453. The summed E-state index contributed by atoms with van der Waals surface area (Å²) >= 11 is 0. The van der Waals surface area contributed by atoms with Gasteiger partial charge in [0.25, 0.3) is 5.69 Å². The Hall–Kier alpha value is -2.44. The summed E-state index contributed by atoms with van der Waals surface area (Å²) in [5.41, 5.74) is -0.463. The van der Waals surface area contributed by atoms with Crippen molar-refractivity contribution in [2.45, 2.75) is 12.5 Å². The maximum atomic E-state index is 11.7. The monoisotopic (exact) mass is 251 g/mol. The van der Waals surface area contributed by atoms with Gasteiger partial charge >= 0.3 is 11.9 Å². The zero-order valence-electron chi connectivity index (χ0n) is 9.20. The summed E-state index contributed by atoms with van der Waals surface area (Å²) in [5, 5.41) is 10.7. The van der Waals surface area contributed by atoms with Gasteiger partial charge in [-0.1, -0.05) is 12.1 Å². The van der Waals surface area contributed by atoms with E-state index >= 15 is 0 Å². The van der Waals surface area contributed by atoms with E-state index < -0.39 is 23.0 Å². The highest BCUT2D eigenvalue weighted by Gasteiger charge is 2.29. The first kappa shape index (κ1) is 12.0. The van der Waals surface area contributed by atoms with Crippen LogP contribution in [0, 0.1) is 10.1 Å². The highest BCUT2D eigenvalue weighted by atomic mass is 16.6. The number of nitro groups is 1. The van der Waals surface area contributed by atoms with Crippen LogP contribution in [0.3, 0.4) is 0 Å². The lowest BCUT2D eigenvalue weighted by atomic mass is 10.2. The molecule has 0 bridgehead atoms. The maximum absolute atomic E-state index is 11.7. The highest BCUT2D eigenvalue weighted by molar-refractivity contribution is 5.94. The third-order valence-corrected chi connectivity index (χ3v) is 2.42. The largest absolute Gasteiger partial charge is 0.462 e. The number of hydrogen-bond acceptors (Lipinski definition) is 6. The molecule has 1 aliphatic rings. The normalized spacial score (nSPS) is 18.2. The molecule has 1 saturated heterocycles. The minimum absolute atomic E-state index is 0.00873. The Morgan fingerprint density at radius 2 is 2.17 bits per heavy atom. The van der Waals surface area contributed by atoms with Crippen LogP contribution in [-0.4, -0.2) is 29.6 Å². The molecule has 1 atom stereocenters. The van der Waals surface area contributed by atoms with Gasteiger partial charge in [0.1, 0.15) is 18.3 Å². The highest BCUT2D eigenvalue weighted by Crippen LogP contribution is 2.20. The number of cyclic esters (lactones) is 1. The Morgan fingerprint density at radius 1 is 1.44 bits per heavy atom. The smallest absolute Gasteiger partial charge is 0.345 e. The van der Waals surface area contributed by atoms with Crippen molar-refractivity contribution in [2.24, 2.45) is 0 Å². The van der Waals surface area contributed by atoms with E-state index in [9.17, 15) is 19.7 Å². The van der Waals surface area contributed by atoms with Crippen LogP contribution in [0.5, 0.6) is 0 Å². The van der Waals surface area contributed by atoms with E-state index in [-0.39, 0.29) is 24.3 Å². The average Bonchev–Trinajstić information content (AvgIpc) is 2.74. The van der Waals surface area contributed by atoms with Gasteiger partial charge in [-0.05, 0) is 6.07 Å². The third kappa shape index (κ3) is 2.45. The number of para-hydroxylation sites is 1. The minimum atomic E-state index is -0.828. The van der Waals surface area contributed by atoms with Crippen molar-refractivity contribution in [1.82, 2.24) is 0 Å². The number of carbonyl (C=O) groups excluding carboxylic acids is 2. The van der Waals surface area contributed by atoms with Gasteiger partial charge in [-0.2, -0.15) is 0 Å². The number of ether oxygens (including phenoxy) is 2. The molecule has 0 saturated carbocycles. The Balaban J connectivity index is 2.14. The molecule has 94 valence electrons. The molecule has 7 nitrogen and oxygen atoms in total. The Labute approximate surface area is 101 Å². The van der Waals surface area contributed by atoms with Crippen LogP contribution in [0.1, 0.15) is 16.8 Å². The second kappa shape index (κ2) is 4.82. The second-order valence-electron chi connectivity index (χ2n) is 3.69. The standard InChI is InChI=1S/C11H9NO6/c13-10-5-7(6-17-10)18-11(14)8-3-1-2-4-9(8)12(15)16/h1-4,7H,5-6H2/t7-/m0/s1. The van der Waals surface area contributed by atoms with Crippen LogP contribution in [-0.2, 0) is 14.3 Å². The van der Waals surface area contributed by atoms with Crippen molar-refractivity contribution in [3.05, 3.63) is 39.9 Å². The van der Waals surface area contributed by atoms with Gasteiger partial charge in [-0.25, -0.2) is 4.79 Å². The molecule has 0 spiro atoms. The van der Waals surface area contributed by atoms with Gasteiger partial charge < -0.3 is 9.47 Å². The fraction of sp³-hybridized carbons (Fsp3) is 0.273. The summed E-state index contributed by atoms with van der Waals surface area (Å²) in [4.78, 5) is 32.6. The van der Waals surface area contributed by atoms with Crippen molar-refractivity contribution in [2.75, 3.05) is 6.61 Å². The number of nitro benzene ring substituents is 1. The van der Waals surface area contributed by atoms with Gasteiger partial charge in [0.15, 0.2) is 0 Å². The number of benzene rings is 1. The summed E-state index contributed by atoms with van der Waals surface area (Å²) < 4.78 is 9.60. The maximum Gasteiger partial charge on any atom is 0.345 e. The van der Waals surface area contributed by atoms with Crippen molar-refractivity contribution in [1.29, 1.82) is 0 Å². The predicted octanol–water partition coefficient (Wildman–Crippen LogP) is 1.07. The Morgan fingerprint density at radius 3 is 2.78 bits per heavy atom. The molecule has 2 rings (SSSR count). The van der Waals surface area contributed by atoms with Crippen LogP contribution in [0.15, 0.2) is 24.3 Å². The van der Waals surface area contributed by atoms with Crippen LogP contribution in [0.25, 0.3) is 0 Å². The van der Waals surface area contributed by atoms with Crippen LogP contribution < -0.4 is 0 Å². The summed E-state index contributed by atoms with van der Waals surface area (Å²) in [6.07, 6.45) is -0.698. The van der Waals surface area contributed by atoms with E-state index in [1.807, 2.05) is 0 Å². The third-order valence-electron chi connectivity index (χ3n) is 2.42.